The van der Waals surface area contributed by atoms with Crippen molar-refractivity contribution in [3.63, 3.8) is 0 Å². The second-order valence-corrected chi connectivity index (χ2v) is 3.71. The summed E-state index contributed by atoms with van der Waals surface area (Å²) in [5, 5.41) is 0. The Morgan fingerprint density at radius 1 is 1.33 bits per heavy atom. The minimum atomic E-state index is 0.701. The van der Waals surface area contributed by atoms with Crippen molar-refractivity contribution in [1.29, 1.82) is 0 Å². The van der Waals surface area contributed by atoms with Crippen molar-refractivity contribution in [2.75, 3.05) is 6.61 Å². The first-order valence-electron chi connectivity index (χ1n) is 5.35. The Labute approximate surface area is 92.5 Å². The summed E-state index contributed by atoms with van der Waals surface area (Å²) in [7, 11) is 0. The van der Waals surface area contributed by atoms with E-state index in [4.69, 9.17) is 11.2 Å². The van der Waals surface area contributed by atoms with Crippen LogP contribution < -0.4 is 4.74 Å². The van der Waals surface area contributed by atoms with Crippen molar-refractivity contribution in [2.45, 2.75) is 33.6 Å². The molecule has 1 rings (SSSR count). The maximum absolute atomic E-state index is 5.65. The number of hydrogen-bond acceptors (Lipinski definition) is 1. The highest BCUT2D eigenvalue weighted by molar-refractivity contribution is 5.44. The molecule has 0 aromatic heterocycles. The number of ether oxygens (including phenoxy) is 1. The van der Waals surface area contributed by atoms with E-state index >= 15 is 0 Å². The third kappa shape index (κ3) is 3.02. The molecule has 0 atom stereocenters. The molecule has 1 heteroatoms. The van der Waals surface area contributed by atoms with E-state index < -0.39 is 0 Å². The Morgan fingerprint density at radius 3 is 2.67 bits per heavy atom. The quantitative estimate of drug-likeness (QED) is 0.681. The molecule has 0 unspecified atom stereocenters. The van der Waals surface area contributed by atoms with E-state index in [2.05, 4.69) is 31.9 Å². The van der Waals surface area contributed by atoms with Gasteiger partial charge in [-0.25, -0.2) is 0 Å². The van der Waals surface area contributed by atoms with Gasteiger partial charge in [0, 0.05) is 6.42 Å². The van der Waals surface area contributed by atoms with Gasteiger partial charge in [0.05, 0.1) is 6.61 Å². The van der Waals surface area contributed by atoms with Crippen LogP contribution in [0, 0.1) is 26.2 Å². The molecule has 80 valence electrons. The van der Waals surface area contributed by atoms with E-state index in [1.807, 2.05) is 6.92 Å². The molecule has 0 saturated carbocycles. The molecular formula is C14H18O. The van der Waals surface area contributed by atoms with Gasteiger partial charge >= 0.3 is 0 Å². The summed E-state index contributed by atoms with van der Waals surface area (Å²) < 4.78 is 5.65. The van der Waals surface area contributed by atoms with Crippen LogP contribution >= 0.6 is 0 Å². The molecule has 1 nitrogen and oxygen atoms in total. The van der Waals surface area contributed by atoms with Gasteiger partial charge in [-0.3, -0.25) is 0 Å². The first kappa shape index (κ1) is 11.7. The zero-order chi connectivity index (χ0) is 11.3. The summed E-state index contributed by atoms with van der Waals surface area (Å²) in [6.07, 6.45) is 6.95. The van der Waals surface area contributed by atoms with Crippen LogP contribution in [0.15, 0.2) is 12.1 Å². The number of hydrogen-bond donors (Lipinski definition) is 0. The normalized spacial score (nSPS) is 9.73. The number of benzene rings is 1. The van der Waals surface area contributed by atoms with Crippen molar-refractivity contribution in [1.82, 2.24) is 0 Å². The molecule has 0 bridgehead atoms. The Balaban J connectivity index is 3.04. The Bertz CT molecular complexity index is 372. The number of terminal acetylenes is 1. The highest BCUT2D eigenvalue weighted by Gasteiger charge is 2.07. The molecule has 0 heterocycles. The van der Waals surface area contributed by atoms with E-state index in [9.17, 15) is 0 Å². The molecule has 0 aliphatic carbocycles. The Kier molecular flexibility index (Phi) is 4.24. The molecule has 0 spiro atoms. The Morgan fingerprint density at radius 2 is 2.07 bits per heavy atom. The van der Waals surface area contributed by atoms with Crippen LogP contribution in [0.4, 0.5) is 0 Å². The van der Waals surface area contributed by atoms with Gasteiger partial charge in [-0.05, 0) is 38.3 Å². The summed E-state index contributed by atoms with van der Waals surface area (Å²) in [6.45, 7) is 6.89. The van der Waals surface area contributed by atoms with E-state index in [0.717, 1.165) is 18.6 Å². The van der Waals surface area contributed by atoms with E-state index in [1.165, 1.54) is 16.7 Å². The fraction of sp³-hybridized carbons (Fsp3) is 0.429. The van der Waals surface area contributed by atoms with Gasteiger partial charge in [-0.2, -0.15) is 0 Å². The lowest BCUT2D eigenvalue weighted by Crippen LogP contribution is -2.00. The summed E-state index contributed by atoms with van der Waals surface area (Å²) >= 11 is 0. The van der Waals surface area contributed by atoms with E-state index in [0.29, 0.717) is 6.61 Å². The molecular weight excluding hydrogens is 184 g/mol. The lowest BCUT2D eigenvalue weighted by molar-refractivity contribution is 0.334. The number of rotatable bonds is 4. The zero-order valence-electron chi connectivity index (χ0n) is 9.76. The molecule has 0 N–H and O–H groups in total. The monoisotopic (exact) mass is 202 g/mol. The topological polar surface area (TPSA) is 9.23 Å². The van der Waals surface area contributed by atoms with Gasteiger partial charge in [0.15, 0.2) is 0 Å². The fourth-order valence-electron chi connectivity index (χ4n) is 1.79. The summed E-state index contributed by atoms with van der Waals surface area (Å²) in [5.41, 5.74) is 3.69. The first-order chi connectivity index (χ1) is 7.19. The molecule has 0 radical (unpaired) electrons. The van der Waals surface area contributed by atoms with Crippen LogP contribution in [0.5, 0.6) is 5.75 Å². The summed E-state index contributed by atoms with van der Waals surface area (Å²) in [4.78, 5) is 0. The second kappa shape index (κ2) is 5.46. The first-order valence-corrected chi connectivity index (χ1v) is 5.35. The van der Waals surface area contributed by atoms with Gasteiger partial charge in [0.25, 0.3) is 0 Å². The van der Waals surface area contributed by atoms with Gasteiger partial charge in [0.1, 0.15) is 5.75 Å². The van der Waals surface area contributed by atoms with Crippen LogP contribution in [0.2, 0.25) is 0 Å². The second-order valence-electron chi connectivity index (χ2n) is 3.71. The molecule has 1 aromatic carbocycles. The standard InChI is InChI=1S/C14H18O/c1-5-7-8-13-10-11(3)9-12(4)14(13)15-6-2/h1,9-10H,6-8H2,2-4H3. The highest BCUT2D eigenvalue weighted by atomic mass is 16.5. The molecule has 0 fully saturated rings. The van der Waals surface area contributed by atoms with Gasteiger partial charge in [0.2, 0.25) is 0 Å². The van der Waals surface area contributed by atoms with Crippen molar-refractivity contribution >= 4 is 0 Å². The van der Waals surface area contributed by atoms with Crippen molar-refractivity contribution in [3.05, 3.63) is 28.8 Å². The fourth-order valence-corrected chi connectivity index (χ4v) is 1.79. The van der Waals surface area contributed by atoms with Crippen LogP contribution in [0.3, 0.4) is 0 Å². The lowest BCUT2D eigenvalue weighted by atomic mass is 10.0. The maximum Gasteiger partial charge on any atom is 0.125 e. The molecule has 1 aromatic rings. The van der Waals surface area contributed by atoms with Gasteiger partial charge < -0.3 is 4.74 Å². The molecule has 0 aliphatic rings. The van der Waals surface area contributed by atoms with E-state index in [1.54, 1.807) is 0 Å². The maximum atomic E-state index is 5.65. The largest absolute Gasteiger partial charge is 0.493 e. The van der Waals surface area contributed by atoms with Crippen molar-refractivity contribution in [3.8, 4) is 18.1 Å². The average molecular weight is 202 g/mol. The average Bonchev–Trinajstić information content (AvgIpc) is 2.19. The summed E-state index contributed by atoms with van der Waals surface area (Å²) in [5.74, 6) is 3.68. The third-order valence-corrected chi connectivity index (χ3v) is 2.32. The molecule has 0 aliphatic heterocycles. The Hall–Kier alpha value is -1.42. The van der Waals surface area contributed by atoms with E-state index in [-0.39, 0.29) is 0 Å². The minimum absolute atomic E-state index is 0.701. The number of aryl methyl sites for hydroxylation is 3. The lowest BCUT2D eigenvalue weighted by Gasteiger charge is -2.13. The predicted octanol–water partition coefficient (Wildman–Crippen LogP) is 3.27. The van der Waals surface area contributed by atoms with Crippen LogP contribution in [0.1, 0.15) is 30.0 Å². The van der Waals surface area contributed by atoms with Gasteiger partial charge in [-0.15, -0.1) is 12.3 Å². The molecule has 0 amide bonds. The highest BCUT2D eigenvalue weighted by Crippen LogP contribution is 2.26. The SMILES string of the molecule is C#CCCc1cc(C)cc(C)c1OCC. The van der Waals surface area contributed by atoms with Crippen LogP contribution in [-0.2, 0) is 6.42 Å². The van der Waals surface area contributed by atoms with Crippen LogP contribution in [0.25, 0.3) is 0 Å². The smallest absolute Gasteiger partial charge is 0.125 e. The van der Waals surface area contributed by atoms with Crippen LogP contribution in [-0.4, -0.2) is 6.61 Å². The third-order valence-electron chi connectivity index (χ3n) is 2.32. The molecule has 0 saturated heterocycles. The van der Waals surface area contributed by atoms with Gasteiger partial charge in [-0.1, -0.05) is 17.7 Å². The summed E-state index contributed by atoms with van der Waals surface area (Å²) in [6, 6.07) is 4.31. The zero-order valence-corrected chi connectivity index (χ0v) is 9.76. The van der Waals surface area contributed by atoms with Crippen molar-refractivity contribution in [2.24, 2.45) is 0 Å². The predicted molar refractivity (Wildman–Crippen MR) is 64.2 cm³/mol. The van der Waals surface area contributed by atoms with Crippen molar-refractivity contribution < 1.29 is 4.74 Å². The minimum Gasteiger partial charge on any atom is -0.493 e. The molecule has 15 heavy (non-hydrogen) atoms.